The van der Waals surface area contributed by atoms with E-state index in [0.29, 0.717) is 12.2 Å². The van der Waals surface area contributed by atoms with Crippen molar-refractivity contribution in [1.82, 2.24) is 10.2 Å². The van der Waals surface area contributed by atoms with Crippen LogP contribution < -0.4 is 10.1 Å². The van der Waals surface area contributed by atoms with Gasteiger partial charge in [-0.15, -0.1) is 0 Å². The molecule has 1 fully saturated rings. The zero-order chi connectivity index (χ0) is 19.4. The lowest BCUT2D eigenvalue weighted by molar-refractivity contribution is -0.136. The van der Waals surface area contributed by atoms with Gasteiger partial charge in [-0.1, -0.05) is 30.3 Å². The second-order valence-electron chi connectivity index (χ2n) is 6.71. The van der Waals surface area contributed by atoms with Crippen LogP contribution in [0.25, 0.3) is 10.8 Å². The van der Waals surface area contributed by atoms with E-state index in [1.54, 1.807) is 6.07 Å². The maximum atomic E-state index is 12.2. The summed E-state index contributed by atoms with van der Waals surface area (Å²) in [5.41, 5.74) is 0. The van der Waals surface area contributed by atoms with Crippen LogP contribution in [0.2, 0.25) is 0 Å². The number of hydrogen-bond donors (Lipinski definition) is 1. The fourth-order valence-corrected chi connectivity index (χ4v) is 4.67. The standard InChI is InChI=1S/C19H22N2O5S/c1-21(11-18(22)20-16-8-9-27(24,25)13-16)19(23)12-26-17-7-6-14-4-2-3-5-15(14)10-17/h2-7,10,16H,8-9,11-13H2,1H3,(H,20,22). The fourth-order valence-electron chi connectivity index (χ4n) is 3.00. The SMILES string of the molecule is CN(CC(=O)NC1CCS(=O)(=O)C1)C(=O)COc1ccc2ccccc2c1. The Labute approximate surface area is 158 Å². The first-order valence-electron chi connectivity index (χ1n) is 8.68. The molecule has 8 heteroatoms. The smallest absolute Gasteiger partial charge is 0.260 e. The number of nitrogens with one attached hydrogen (secondary N) is 1. The first-order chi connectivity index (χ1) is 12.8. The summed E-state index contributed by atoms with van der Waals surface area (Å²) in [6.45, 7) is -0.323. The summed E-state index contributed by atoms with van der Waals surface area (Å²) in [4.78, 5) is 25.4. The van der Waals surface area contributed by atoms with E-state index in [1.807, 2.05) is 36.4 Å². The van der Waals surface area contributed by atoms with Crippen LogP contribution in [-0.2, 0) is 19.4 Å². The Bertz CT molecular complexity index is 957. The van der Waals surface area contributed by atoms with Gasteiger partial charge in [0.25, 0.3) is 5.91 Å². The highest BCUT2D eigenvalue weighted by Gasteiger charge is 2.29. The molecular formula is C19H22N2O5S. The highest BCUT2D eigenvalue weighted by Crippen LogP contribution is 2.20. The number of likely N-dealkylation sites (N-methyl/N-ethyl adjacent to an activating group) is 1. The molecule has 0 saturated carbocycles. The summed E-state index contributed by atoms with van der Waals surface area (Å²) in [5.74, 6) is -0.0829. The average molecular weight is 390 g/mol. The number of benzene rings is 2. The van der Waals surface area contributed by atoms with Gasteiger partial charge in [-0.3, -0.25) is 9.59 Å². The number of hydrogen-bond acceptors (Lipinski definition) is 5. The van der Waals surface area contributed by atoms with Gasteiger partial charge < -0.3 is 15.0 Å². The highest BCUT2D eigenvalue weighted by molar-refractivity contribution is 7.91. The van der Waals surface area contributed by atoms with Crippen LogP contribution in [-0.4, -0.2) is 62.9 Å². The zero-order valence-electron chi connectivity index (χ0n) is 15.1. The molecule has 1 heterocycles. The van der Waals surface area contributed by atoms with E-state index in [1.165, 1.54) is 11.9 Å². The Morgan fingerprint density at radius 2 is 1.93 bits per heavy atom. The largest absolute Gasteiger partial charge is 0.484 e. The van der Waals surface area contributed by atoms with Crippen molar-refractivity contribution in [3.8, 4) is 5.75 Å². The molecule has 27 heavy (non-hydrogen) atoms. The number of carbonyl (C=O) groups excluding carboxylic acids is 2. The minimum atomic E-state index is -3.06. The van der Waals surface area contributed by atoms with Gasteiger partial charge in [0.15, 0.2) is 16.4 Å². The highest BCUT2D eigenvalue weighted by atomic mass is 32.2. The summed E-state index contributed by atoms with van der Waals surface area (Å²) in [7, 11) is -1.55. The minimum absolute atomic E-state index is 0.0402. The van der Waals surface area contributed by atoms with Crippen molar-refractivity contribution in [3.63, 3.8) is 0 Å². The van der Waals surface area contributed by atoms with Crippen molar-refractivity contribution in [2.75, 3.05) is 31.7 Å². The molecule has 1 N–H and O–H groups in total. The van der Waals surface area contributed by atoms with E-state index in [9.17, 15) is 18.0 Å². The van der Waals surface area contributed by atoms with Crippen molar-refractivity contribution in [1.29, 1.82) is 0 Å². The molecule has 7 nitrogen and oxygen atoms in total. The van der Waals surface area contributed by atoms with Gasteiger partial charge in [0, 0.05) is 13.1 Å². The maximum Gasteiger partial charge on any atom is 0.260 e. The molecule has 0 bridgehead atoms. The topological polar surface area (TPSA) is 92.8 Å². The molecule has 3 rings (SSSR count). The quantitative estimate of drug-likeness (QED) is 0.794. The summed E-state index contributed by atoms with van der Waals surface area (Å²) in [6.07, 6.45) is 0.414. The van der Waals surface area contributed by atoms with E-state index in [-0.39, 0.29) is 42.5 Å². The molecule has 1 atom stereocenters. The van der Waals surface area contributed by atoms with E-state index in [0.717, 1.165) is 10.8 Å². The van der Waals surface area contributed by atoms with Crippen LogP contribution in [0.5, 0.6) is 5.75 Å². The van der Waals surface area contributed by atoms with Gasteiger partial charge in [0.05, 0.1) is 18.1 Å². The van der Waals surface area contributed by atoms with Gasteiger partial charge >= 0.3 is 0 Å². The van der Waals surface area contributed by atoms with Gasteiger partial charge in [0.2, 0.25) is 5.91 Å². The molecule has 0 spiro atoms. The molecule has 2 aromatic carbocycles. The summed E-state index contributed by atoms with van der Waals surface area (Å²) in [5, 5.41) is 4.76. The van der Waals surface area contributed by atoms with Crippen molar-refractivity contribution < 1.29 is 22.7 Å². The molecule has 144 valence electrons. The van der Waals surface area contributed by atoms with Crippen molar-refractivity contribution in [3.05, 3.63) is 42.5 Å². The molecule has 1 unspecified atom stereocenters. The third-order valence-corrected chi connectivity index (χ3v) is 6.26. The summed E-state index contributed by atoms with van der Waals surface area (Å²) in [6, 6.07) is 13.0. The molecule has 1 aliphatic rings. The van der Waals surface area contributed by atoms with E-state index >= 15 is 0 Å². The number of sulfone groups is 1. The lowest BCUT2D eigenvalue weighted by Crippen LogP contribution is -2.44. The zero-order valence-corrected chi connectivity index (χ0v) is 15.9. The molecule has 2 aromatic rings. The first kappa shape index (κ1) is 19.2. The van der Waals surface area contributed by atoms with Crippen LogP contribution in [0.15, 0.2) is 42.5 Å². The van der Waals surface area contributed by atoms with Gasteiger partial charge in [-0.2, -0.15) is 0 Å². The third-order valence-electron chi connectivity index (χ3n) is 4.49. The number of fused-ring (bicyclic) bond motifs is 1. The second kappa shape index (κ2) is 7.96. The molecule has 0 aliphatic carbocycles. The predicted molar refractivity (Wildman–Crippen MR) is 102 cm³/mol. The third kappa shape index (κ3) is 5.19. The van der Waals surface area contributed by atoms with Crippen LogP contribution in [0.3, 0.4) is 0 Å². The van der Waals surface area contributed by atoms with Crippen molar-refractivity contribution in [2.45, 2.75) is 12.5 Å². The lowest BCUT2D eigenvalue weighted by atomic mass is 10.1. The number of amides is 2. The first-order valence-corrected chi connectivity index (χ1v) is 10.5. The summed E-state index contributed by atoms with van der Waals surface area (Å²) < 4.78 is 28.4. The molecule has 1 saturated heterocycles. The monoisotopic (exact) mass is 390 g/mol. The Morgan fingerprint density at radius 3 is 2.63 bits per heavy atom. The van der Waals surface area contributed by atoms with Gasteiger partial charge in [-0.25, -0.2) is 8.42 Å². The average Bonchev–Trinajstić information content (AvgIpc) is 2.97. The molecule has 1 aliphatic heterocycles. The van der Waals surface area contributed by atoms with Crippen LogP contribution in [0.4, 0.5) is 0 Å². The van der Waals surface area contributed by atoms with Crippen LogP contribution >= 0.6 is 0 Å². The number of nitrogens with zero attached hydrogens (tertiary/aromatic N) is 1. The lowest BCUT2D eigenvalue weighted by Gasteiger charge is -2.18. The van der Waals surface area contributed by atoms with Crippen molar-refractivity contribution >= 4 is 32.4 Å². The molecule has 0 radical (unpaired) electrons. The fraction of sp³-hybridized carbons (Fsp3) is 0.368. The molecular weight excluding hydrogens is 368 g/mol. The second-order valence-corrected chi connectivity index (χ2v) is 8.94. The van der Waals surface area contributed by atoms with E-state index in [2.05, 4.69) is 5.32 Å². The van der Waals surface area contributed by atoms with Gasteiger partial charge in [0.1, 0.15) is 5.75 Å². The molecule has 2 amide bonds. The van der Waals surface area contributed by atoms with Crippen LogP contribution in [0.1, 0.15) is 6.42 Å². The maximum absolute atomic E-state index is 12.2. The number of ether oxygens (including phenoxy) is 1. The van der Waals surface area contributed by atoms with Crippen molar-refractivity contribution in [2.24, 2.45) is 0 Å². The molecule has 0 aromatic heterocycles. The Hall–Kier alpha value is -2.61. The minimum Gasteiger partial charge on any atom is -0.484 e. The Balaban J connectivity index is 1.47. The van der Waals surface area contributed by atoms with E-state index < -0.39 is 9.84 Å². The predicted octanol–water partition coefficient (Wildman–Crippen LogP) is 0.980. The van der Waals surface area contributed by atoms with E-state index in [4.69, 9.17) is 4.74 Å². The summed E-state index contributed by atoms with van der Waals surface area (Å²) >= 11 is 0. The van der Waals surface area contributed by atoms with Crippen LogP contribution in [0, 0.1) is 0 Å². The normalized spacial score (nSPS) is 18.2. The number of carbonyl (C=O) groups is 2. The Morgan fingerprint density at radius 1 is 1.19 bits per heavy atom. The number of rotatable bonds is 6. The Kier molecular flexibility index (Phi) is 5.65. The van der Waals surface area contributed by atoms with Gasteiger partial charge in [-0.05, 0) is 29.3 Å².